The van der Waals surface area contributed by atoms with Crippen LogP contribution in [0.1, 0.15) is 51.9 Å². The number of hydrogen-bond donors (Lipinski definition) is 0. The largest absolute Gasteiger partial charge is 0.463 e. The fourth-order valence-electron chi connectivity index (χ4n) is 4.02. The van der Waals surface area contributed by atoms with Crippen LogP contribution in [0.25, 0.3) is 0 Å². The number of ether oxygens (including phenoxy) is 11. The molecule has 0 heterocycles. The van der Waals surface area contributed by atoms with Crippen LogP contribution in [-0.4, -0.2) is 137 Å². The van der Waals surface area contributed by atoms with Gasteiger partial charge >= 0.3 is 11.9 Å². The van der Waals surface area contributed by atoms with Crippen LogP contribution >= 0.6 is 0 Å². The molecule has 1 rings (SSSR count). The Balaban J connectivity index is 1.74. The highest BCUT2D eigenvalue weighted by molar-refractivity contribution is 5.72. The average molecular weight is 779 g/mol. The molecule has 0 saturated carbocycles. The van der Waals surface area contributed by atoms with E-state index in [1.807, 2.05) is 0 Å². The van der Waals surface area contributed by atoms with Gasteiger partial charge in [-0.05, 0) is 6.42 Å². The van der Waals surface area contributed by atoms with Gasteiger partial charge in [0.15, 0.2) is 0 Å². The standard InChI is InChI=1S/C35H55F5O13/c1-2-3-4-5-6-7-28(41)52-27-26-51-25-24-50-23-22-49-21-20-48-19-18-47-17-16-46-15-14-45-13-12-44-11-10-43-9-8-29(42)53-35-33(39)31(37)30(36)32(38)34(35)40/h2-27H2,1H3. The van der Waals surface area contributed by atoms with Crippen molar-refractivity contribution in [1.29, 1.82) is 0 Å². The third kappa shape index (κ3) is 26.0. The molecule has 0 amide bonds. The molecule has 0 fully saturated rings. The van der Waals surface area contributed by atoms with Crippen molar-refractivity contribution in [1.82, 2.24) is 0 Å². The molecule has 1 aromatic rings. The summed E-state index contributed by atoms with van der Waals surface area (Å²) in [6.07, 6.45) is 5.45. The van der Waals surface area contributed by atoms with Gasteiger partial charge in [-0.15, -0.1) is 0 Å². The number of halogens is 5. The minimum atomic E-state index is -2.35. The molecule has 308 valence electrons. The molecule has 13 nitrogen and oxygen atoms in total. The van der Waals surface area contributed by atoms with Gasteiger partial charge < -0.3 is 52.1 Å². The molecule has 0 aromatic heterocycles. The summed E-state index contributed by atoms with van der Waals surface area (Å²) < 4.78 is 124. The molecule has 0 aliphatic heterocycles. The number of benzene rings is 1. The van der Waals surface area contributed by atoms with Crippen LogP contribution < -0.4 is 4.74 Å². The SMILES string of the molecule is CCCCCCCC(=O)OCCOCCOCCOCCOCCOCCOCCOCCOCCOCCC(=O)Oc1c(F)c(F)c(F)c(F)c1F. The summed E-state index contributed by atoms with van der Waals surface area (Å²) in [4.78, 5) is 23.3. The van der Waals surface area contributed by atoms with Crippen molar-refractivity contribution in [2.24, 2.45) is 0 Å². The lowest BCUT2D eigenvalue weighted by molar-refractivity contribution is -0.145. The van der Waals surface area contributed by atoms with Gasteiger partial charge in [0.05, 0.1) is 125 Å². The first kappa shape index (κ1) is 48.5. The zero-order chi connectivity index (χ0) is 38.8. The van der Waals surface area contributed by atoms with Crippen LogP contribution in [-0.2, 0) is 57.0 Å². The van der Waals surface area contributed by atoms with Gasteiger partial charge in [0, 0.05) is 6.42 Å². The highest BCUT2D eigenvalue weighted by Crippen LogP contribution is 2.29. The topological polar surface area (TPSA) is 136 Å². The highest BCUT2D eigenvalue weighted by Gasteiger charge is 2.28. The molecule has 0 bridgehead atoms. The van der Waals surface area contributed by atoms with Gasteiger partial charge in [-0.2, -0.15) is 8.78 Å². The molecule has 0 atom stereocenters. The van der Waals surface area contributed by atoms with Crippen LogP contribution in [0.3, 0.4) is 0 Å². The maximum absolute atomic E-state index is 13.5. The summed E-state index contributed by atoms with van der Waals surface area (Å²) in [6.45, 7) is 8.32. The number of hydrogen-bond acceptors (Lipinski definition) is 13. The Morgan fingerprint density at radius 1 is 0.377 bits per heavy atom. The van der Waals surface area contributed by atoms with E-state index in [1.54, 1.807) is 0 Å². The smallest absolute Gasteiger partial charge is 0.313 e. The Morgan fingerprint density at radius 2 is 0.698 bits per heavy atom. The van der Waals surface area contributed by atoms with Crippen LogP contribution in [0.15, 0.2) is 0 Å². The van der Waals surface area contributed by atoms with Gasteiger partial charge in [0.1, 0.15) is 6.61 Å². The monoisotopic (exact) mass is 778 g/mol. The van der Waals surface area contributed by atoms with E-state index < -0.39 is 47.2 Å². The number of unbranched alkanes of at least 4 members (excludes halogenated alkanes) is 4. The normalized spacial score (nSPS) is 11.4. The Kier molecular flexibility index (Phi) is 31.1. The van der Waals surface area contributed by atoms with E-state index in [1.165, 1.54) is 12.8 Å². The molecule has 0 aliphatic carbocycles. The summed E-state index contributed by atoms with van der Waals surface area (Å²) in [5, 5.41) is 0. The van der Waals surface area contributed by atoms with Crippen molar-refractivity contribution in [2.45, 2.75) is 51.9 Å². The minimum Gasteiger partial charge on any atom is -0.463 e. The first-order chi connectivity index (χ1) is 25.8. The maximum atomic E-state index is 13.5. The number of rotatable bonds is 37. The van der Waals surface area contributed by atoms with Gasteiger partial charge in [-0.3, -0.25) is 9.59 Å². The van der Waals surface area contributed by atoms with E-state index in [0.717, 1.165) is 19.3 Å². The molecule has 0 radical (unpaired) electrons. The van der Waals surface area contributed by atoms with Crippen molar-refractivity contribution >= 4 is 11.9 Å². The molecule has 0 saturated heterocycles. The average Bonchev–Trinajstić information content (AvgIpc) is 3.15. The van der Waals surface area contributed by atoms with E-state index in [4.69, 9.17) is 47.4 Å². The van der Waals surface area contributed by atoms with Crippen LogP contribution in [0.4, 0.5) is 22.0 Å². The van der Waals surface area contributed by atoms with Gasteiger partial charge in [0.25, 0.3) is 0 Å². The van der Waals surface area contributed by atoms with Crippen molar-refractivity contribution in [3.63, 3.8) is 0 Å². The molecule has 0 N–H and O–H groups in total. The third-order valence-corrected chi connectivity index (χ3v) is 6.79. The molecule has 0 aliphatic rings. The van der Waals surface area contributed by atoms with Gasteiger partial charge in [-0.25, -0.2) is 13.2 Å². The van der Waals surface area contributed by atoms with E-state index >= 15 is 0 Å². The summed E-state index contributed by atoms with van der Waals surface area (Å²) in [6, 6.07) is 0. The lowest BCUT2D eigenvalue weighted by atomic mass is 10.1. The van der Waals surface area contributed by atoms with Crippen molar-refractivity contribution in [3.8, 4) is 5.75 Å². The van der Waals surface area contributed by atoms with Gasteiger partial charge in [0.2, 0.25) is 34.8 Å². The second-order valence-corrected chi connectivity index (χ2v) is 11.0. The molecule has 0 spiro atoms. The Labute approximate surface area is 307 Å². The summed E-state index contributed by atoms with van der Waals surface area (Å²) >= 11 is 0. The lowest BCUT2D eigenvalue weighted by Crippen LogP contribution is -2.16. The van der Waals surface area contributed by atoms with Crippen LogP contribution in [0.2, 0.25) is 0 Å². The number of carbonyl (C=O) groups is 2. The van der Waals surface area contributed by atoms with Crippen LogP contribution in [0, 0.1) is 29.1 Å². The third-order valence-electron chi connectivity index (χ3n) is 6.79. The predicted molar refractivity (Wildman–Crippen MR) is 178 cm³/mol. The van der Waals surface area contributed by atoms with Gasteiger partial charge in [-0.1, -0.05) is 32.6 Å². The number of carbonyl (C=O) groups excluding carboxylic acids is 2. The molecular formula is C35H55F5O13. The van der Waals surface area contributed by atoms with Crippen molar-refractivity contribution < 1.29 is 83.6 Å². The zero-order valence-corrected chi connectivity index (χ0v) is 30.6. The molecule has 18 heteroatoms. The highest BCUT2D eigenvalue weighted by atomic mass is 19.2. The lowest BCUT2D eigenvalue weighted by Gasteiger charge is -2.09. The zero-order valence-electron chi connectivity index (χ0n) is 30.6. The Morgan fingerprint density at radius 3 is 1.08 bits per heavy atom. The van der Waals surface area contributed by atoms with Crippen molar-refractivity contribution in [3.05, 3.63) is 29.1 Å². The quantitative estimate of drug-likeness (QED) is 0.0230. The molecular weight excluding hydrogens is 723 g/mol. The second-order valence-electron chi connectivity index (χ2n) is 11.0. The van der Waals surface area contributed by atoms with E-state index in [0.29, 0.717) is 98.9 Å². The van der Waals surface area contributed by atoms with Crippen LogP contribution in [0.5, 0.6) is 5.75 Å². The first-order valence-electron chi connectivity index (χ1n) is 17.9. The second kappa shape index (κ2) is 34.0. The number of esters is 2. The minimum absolute atomic E-state index is 0.0771. The summed E-state index contributed by atoms with van der Waals surface area (Å²) in [7, 11) is 0. The fraction of sp³-hybridized carbons (Fsp3) is 0.771. The van der Waals surface area contributed by atoms with E-state index in [-0.39, 0.29) is 39.0 Å². The summed E-state index contributed by atoms with van der Waals surface area (Å²) in [5.74, 6) is -14.3. The van der Waals surface area contributed by atoms with E-state index in [2.05, 4.69) is 11.7 Å². The predicted octanol–water partition coefficient (Wildman–Crippen LogP) is 4.73. The first-order valence-corrected chi connectivity index (χ1v) is 17.9. The van der Waals surface area contributed by atoms with Crippen molar-refractivity contribution in [2.75, 3.05) is 126 Å². The maximum Gasteiger partial charge on any atom is 0.313 e. The Bertz CT molecular complexity index is 1060. The Hall–Kier alpha value is -2.55. The molecule has 1 aromatic carbocycles. The fourth-order valence-corrected chi connectivity index (χ4v) is 4.02. The van der Waals surface area contributed by atoms with E-state index in [9.17, 15) is 31.5 Å². The molecule has 0 unspecified atom stereocenters. The molecule has 53 heavy (non-hydrogen) atoms. The summed E-state index contributed by atoms with van der Waals surface area (Å²) in [5.41, 5.74) is 0.